The molecule has 3 aromatic heterocycles. The number of rotatable bonds is 10. The lowest BCUT2D eigenvalue weighted by atomic mass is 9.64. The van der Waals surface area contributed by atoms with E-state index in [9.17, 15) is 18.3 Å². The minimum absolute atomic E-state index is 0.0389. The summed E-state index contributed by atoms with van der Waals surface area (Å²) in [6.07, 6.45) is 6.69. The lowest BCUT2D eigenvalue weighted by Crippen LogP contribution is -2.57. The molecule has 0 spiro atoms. The molecule has 2 fully saturated rings. The number of H-pyrrole nitrogens is 1. The van der Waals surface area contributed by atoms with E-state index in [0.717, 1.165) is 61.7 Å². The average Bonchev–Trinajstić information content (AvgIpc) is 3.64. The smallest absolute Gasteiger partial charge is 0.413 e. The van der Waals surface area contributed by atoms with Gasteiger partial charge in [-0.15, -0.1) is 0 Å². The van der Waals surface area contributed by atoms with Crippen molar-refractivity contribution in [1.82, 2.24) is 34.9 Å². The quantitative estimate of drug-likeness (QED) is 0.267. The summed E-state index contributed by atoms with van der Waals surface area (Å²) in [5.74, 6) is 0.0389. The number of nitrogens with one attached hydrogen (secondary N) is 2. The first kappa shape index (κ1) is 31.6. The molecule has 3 aliphatic rings. The van der Waals surface area contributed by atoms with E-state index in [2.05, 4.69) is 35.3 Å². The predicted molar refractivity (Wildman–Crippen MR) is 164 cm³/mol. The van der Waals surface area contributed by atoms with Crippen LogP contribution in [0.25, 0.3) is 22.3 Å². The molecule has 0 radical (unpaired) electrons. The maximum absolute atomic E-state index is 14.0. The highest BCUT2D eigenvalue weighted by Gasteiger charge is 2.53. The minimum atomic E-state index is -4.50. The average molecular weight is 630 g/mol. The zero-order valence-electron chi connectivity index (χ0n) is 25.7. The summed E-state index contributed by atoms with van der Waals surface area (Å²) < 4.78 is 49.9. The van der Waals surface area contributed by atoms with Crippen molar-refractivity contribution in [3.05, 3.63) is 42.6 Å². The van der Waals surface area contributed by atoms with Gasteiger partial charge in [0.25, 0.3) is 0 Å². The number of dihydropyridines is 1. The molecule has 1 unspecified atom stereocenters. The molecule has 11 nitrogen and oxygen atoms in total. The largest absolute Gasteiger partial charge is 0.474 e. The highest BCUT2D eigenvalue weighted by molar-refractivity contribution is 5.90. The predicted octanol–water partition coefficient (Wildman–Crippen LogP) is 3.43. The maximum Gasteiger partial charge on any atom is 0.413 e. The van der Waals surface area contributed by atoms with Gasteiger partial charge in [0.1, 0.15) is 18.1 Å². The molecule has 0 bridgehead atoms. The van der Waals surface area contributed by atoms with Crippen molar-refractivity contribution in [3.63, 3.8) is 0 Å². The van der Waals surface area contributed by atoms with E-state index in [-0.39, 0.29) is 30.4 Å². The number of hydrogen-bond acceptors (Lipinski definition) is 9. The van der Waals surface area contributed by atoms with Crippen LogP contribution in [0.1, 0.15) is 46.0 Å². The standard InChI is InChI=1S/C31H42F3N9O2/c1-20(44)13-36-14-21-9-26(41-29(2,10-21)31(32,33)34)45-24-4-7-42(8-5-24)23-11-30(12-23,17-35)18-43-16-22(15-40-43)27-25-3-6-37-28(25)39-19-38-27/h3,6,9,15-16,19-20,23-24,36,44H,4-5,7-8,10-14,17-18,35H2,1-2H3,(H,37,38,39)/t20-,23?,29?,30?/m0/s1. The Labute approximate surface area is 260 Å². The molecule has 3 aromatic rings. The van der Waals surface area contributed by atoms with Crippen LogP contribution in [-0.2, 0) is 11.3 Å². The molecule has 2 atom stereocenters. The van der Waals surface area contributed by atoms with E-state index >= 15 is 0 Å². The number of likely N-dealkylation sites (tertiary alicyclic amines) is 1. The van der Waals surface area contributed by atoms with Crippen LogP contribution >= 0.6 is 0 Å². The van der Waals surface area contributed by atoms with Gasteiger partial charge in [0.2, 0.25) is 5.90 Å². The number of aromatic nitrogens is 5. The van der Waals surface area contributed by atoms with Crippen LogP contribution in [0, 0.1) is 5.41 Å². The van der Waals surface area contributed by atoms with E-state index in [4.69, 9.17) is 10.5 Å². The summed E-state index contributed by atoms with van der Waals surface area (Å²) in [6, 6.07) is 2.36. The molecule has 0 amide bonds. The van der Waals surface area contributed by atoms with Gasteiger partial charge in [-0.3, -0.25) is 4.68 Å². The normalized spacial score (nSPS) is 27.2. The zero-order chi connectivity index (χ0) is 31.8. The molecule has 1 saturated carbocycles. The summed E-state index contributed by atoms with van der Waals surface area (Å²) in [4.78, 5) is 18.3. The van der Waals surface area contributed by atoms with Crippen molar-refractivity contribution >= 4 is 16.9 Å². The zero-order valence-corrected chi connectivity index (χ0v) is 25.7. The molecular formula is C31H42F3N9O2. The Balaban J connectivity index is 1.02. The maximum atomic E-state index is 14.0. The second-order valence-electron chi connectivity index (χ2n) is 13.2. The summed E-state index contributed by atoms with van der Waals surface area (Å²) in [7, 11) is 0. The topological polar surface area (TPSA) is 142 Å². The number of hydrogen-bond donors (Lipinski definition) is 4. The van der Waals surface area contributed by atoms with Crippen molar-refractivity contribution in [3.8, 4) is 11.3 Å². The number of aliphatic imine (C=N–C) groups is 1. The first-order chi connectivity index (χ1) is 21.5. The number of ether oxygens (including phenoxy) is 1. The van der Waals surface area contributed by atoms with Gasteiger partial charge in [0.05, 0.1) is 18.0 Å². The van der Waals surface area contributed by atoms with Crippen molar-refractivity contribution in [2.24, 2.45) is 16.1 Å². The Morgan fingerprint density at radius 2 is 2.02 bits per heavy atom. The molecule has 1 aliphatic carbocycles. The number of aliphatic hydroxyl groups is 1. The first-order valence-electron chi connectivity index (χ1n) is 15.6. The molecule has 1 saturated heterocycles. The van der Waals surface area contributed by atoms with E-state index < -0.39 is 17.8 Å². The fourth-order valence-electron chi connectivity index (χ4n) is 6.87. The van der Waals surface area contributed by atoms with E-state index in [1.807, 2.05) is 29.3 Å². The van der Waals surface area contributed by atoms with Crippen LogP contribution < -0.4 is 11.1 Å². The van der Waals surface area contributed by atoms with Gasteiger partial charge in [-0.1, -0.05) is 0 Å². The minimum Gasteiger partial charge on any atom is -0.474 e. The van der Waals surface area contributed by atoms with Gasteiger partial charge in [0, 0.05) is 80.0 Å². The Morgan fingerprint density at radius 1 is 1.24 bits per heavy atom. The number of piperidine rings is 1. The van der Waals surface area contributed by atoms with E-state index in [1.54, 1.807) is 19.3 Å². The monoisotopic (exact) mass is 629 g/mol. The fraction of sp³-hybridized carbons (Fsp3) is 0.613. The number of nitrogens with zero attached hydrogens (tertiary/aromatic N) is 6. The molecule has 5 heterocycles. The van der Waals surface area contributed by atoms with Crippen LogP contribution in [0.3, 0.4) is 0 Å². The first-order valence-corrected chi connectivity index (χ1v) is 15.6. The Kier molecular flexibility index (Phi) is 8.76. The van der Waals surface area contributed by atoms with Gasteiger partial charge in [-0.05, 0) is 57.7 Å². The second-order valence-corrected chi connectivity index (χ2v) is 13.2. The molecule has 14 heteroatoms. The van der Waals surface area contributed by atoms with Crippen LogP contribution in [0.15, 0.2) is 47.6 Å². The van der Waals surface area contributed by atoms with Gasteiger partial charge in [0.15, 0.2) is 5.54 Å². The van der Waals surface area contributed by atoms with Crippen molar-refractivity contribution in [1.29, 1.82) is 0 Å². The van der Waals surface area contributed by atoms with Gasteiger partial charge in [-0.2, -0.15) is 18.3 Å². The SMILES string of the molecule is C[C@H](O)CNCC1=CC(OC2CCN(C3CC(CN)(Cn4cc(-c5ncnc6[nH]ccc56)cn4)C3)CC2)=NC(C)(C(F)(F)F)C1. The third-order valence-corrected chi connectivity index (χ3v) is 9.47. The highest BCUT2D eigenvalue weighted by Crippen LogP contribution is 2.45. The number of alkyl halides is 3. The Hall–Kier alpha value is -3.33. The van der Waals surface area contributed by atoms with Gasteiger partial charge < -0.3 is 30.8 Å². The molecule has 2 aliphatic heterocycles. The van der Waals surface area contributed by atoms with Crippen molar-refractivity contribution in [2.75, 3.05) is 32.7 Å². The lowest BCUT2D eigenvalue weighted by Gasteiger charge is -2.52. The molecule has 0 aromatic carbocycles. The number of halogens is 3. The molecule has 5 N–H and O–H groups in total. The highest BCUT2D eigenvalue weighted by atomic mass is 19.4. The molecular weight excluding hydrogens is 587 g/mol. The summed E-state index contributed by atoms with van der Waals surface area (Å²) in [5.41, 5.74) is 7.14. The van der Waals surface area contributed by atoms with E-state index in [0.29, 0.717) is 37.5 Å². The number of nitrogens with two attached hydrogens (primary N) is 1. The van der Waals surface area contributed by atoms with Crippen LogP contribution in [0.5, 0.6) is 0 Å². The summed E-state index contributed by atoms with van der Waals surface area (Å²) in [6.45, 7) is 6.16. The van der Waals surface area contributed by atoms with E-state index in [1.165, 1.54) is 0 Å². The number of fused-ring (bicyclic) bond motifs is 1. The van der Waals surface area contributed by atoms with Crippen LogP contribution in [0.4, 0.5) is 13.2 Å². The number of aromatic amines is 1. The molecule has 6 rings (SSSR count). The fourth-order valence-corrected chi connectivity index (χ4v) is 6.87. The van der Waals surface area contributed by atoms with Gasteiger partial charge >= 0.3 is 6.18 Å². The van der Waals surface area contributed by atoms with Gasteiger partial charge in [-0.25, -0.2) is 15.0 Å². The van der Waals surface area contributed by atoms with Crippen LogP contribution in [-0.4, -0.2) is 103 Å². The Bertz CT molecular complexity index is 1530. The summed E-state index contributed by atoms with van der Waals surface area (Å²) >= 11 is 0. The third kappa shape index (κ3) is 6.79. The second kappa shape index (κ2) is 12.5. The lowest BCUT2D eigenvalue weighted by molar-refractivity contribution is -0.180. The van der Waals surface area contributed by atoms with Crippen molar-refractivity contribution < 1.29 is 23.0 Å². The summed E-state index contributed by atoms with van der Waals surface area (Å²) in [5, 5.41) is 18.1. The number of aliphatic hydroxyl groups excluding tert-OH is 1. The molecule has 244 valence electrons. The molecule has 45 heavy (non-hydrogen) atoms. The van der Waals surface area contributed by atoms with Crippen LogP contribution in [0.2, 0.25) is 0 Å². The Morgan fingerprint density at radius 3 is 2.73 bits per heavy atom. The van der Waals surface area contributed by atoms with Crippen molar-refractivity contribution in [2.45, 2.75) is 82.5 Å². The third-order valence-electron chi connectivity index (χ3n) is 9.47.